The van der Waals surface area contributed by atoms with Gasteiger partial charge in [0.15, 0.2) is 11.6 Å². The monoisotopic (exact) mass is 455 g/mol. The fourth-order valence-electron chi connectivity index (χ4n) is 6.71. The van der Waals surface area contributed by atoms with E-state index in [-0.39, 0.29) is 0 Å². The lowest BCUT2D eigenvalue weighted by Crippen LogP contribution is -2.35. The number of ether oxygens (including phenoxy) is 1. The fourth-order valence-corrected chi connectivity index (χ4v) is 7.62. The molecule has 2 aromatic rings. The Hall–Kier alpha value is -1.44. The summed E-state index contributed by atoms with van der Waals surface area (Å²) in [6, 6.07) is 2.77. The van der Waals surface area contributed by atoms with E-state index in [9.17, 15) is 0 Å². The van der Waals surface area contributed by atoms with E-state index >= 15 is 0 Å². The number of thiophene rings is 1. The summed E-state index contributed by atoms with van der Waals surface area (Å²) in [6.07, 6.45) is 7.62. The summed E-state index contributed by atoms with van der Waals surface area (Å²) in [6.45, 7) is 10.3. The van der Waals surface area contributed by atoms with E-state index in [4.69, 9.17) is 14.9 Å². The van der Waals surface area contributed by atoms with Gasteiger partial charge in [-0.25, -0.2) is 0 Å². The van der Waals surface area contributed by atoms with Crippen LogP contribution in [0.5, 0.6) is 0 Å². The van der Waals surface area contributed by atoms with E-state index < -0.39 is 0 Å². The van der Waals surface area contributed by atoms with Gasteiger partial charge in [-0.2, -0.15) is 0 Å². The molecule has 1 aliphatic carbocycles. The second-order valence-corrected chi connectivity index (χ2v) is 11.8. The first-order valence-corrected chi connectivity index (χ1v) is 13.7. The molecule has 4 aliphatic rings. The number of anilines is 2. The van der Waals surface area contributed by atoms with Gasteiger partial charge in [-0.1, -0.05) is 6.92 Å². The van der Waals surface area contributed by atoms with Crippen LogP contribution in [0.1, 0.15) is 45.4 Å². The molecule has 5 heterocycles. The van der Waals surface area contributed by atoms with Crippen LogP contribution in [0.4, 0.5) is 11.6 Å². The van der Waals surface area contributed by atoms with Gasteiger partial charge in [0.25, 0.3) is 0 Å². The van der Waals surface area contributed by atoms with Gasteiger partial charge in [-0.3, -0.25) is 0 Å². The van der Waals surface area contributed by atoms with Crippen LogP contribution in [-0.4, -0.2) is 67.1 Å². The van der Waals surface area contributed by atoms with E-state index in [0.717, 1.165) is 61.6 Å². The van der Waals surface area contributed by atoms with E-state index in [2.05, 4.69) is 33.5 Å². The highest BCUT2D eigenvalue weighted by atomic mass is 32.1. The molecule has 0 bridgehead atoms. The van der Waals surface area contributed by atoms with Gasteiger partial charge in [-0.15, -0.1) is 21.5 Å². The first-order valence-electron chi connectivity index (χ1n) is 12.8. The topological polar surface area (TPSA) is 53.5 Å². The third-order valence-corrected chi connectivity index (χ3v) is 9.26. The number of nitrogens with zero attached hydrogens (tertiary/aromatic N) is 4. The van der Waals surface area contributed by atoms with Crippen molar-refractivity contribution in [1.29, 1.82) is 0 Å². The van der Waals surface area contributed by atoms with Crippen LogP contribution in [-0.2, 0) is 4.74 Å². The SMILES string of the molecule is CC1CCCN(c2nnc(NC3C[C@@H]4CN(CC5CCOCC5)C[C@@H]4C3)c3ccsc23)C1. The zero-order valence-electron chi connectivity index (χ0n) is 19.3. The summed E-state index contributed by atoms with van der Waals surface area (Å²) in [5, 5.41) is 16.7. The predicted molar refractivity (Wildman–Crippen MR) is 132 cm³/mol. The van der Waals surface area contributed by atoms with E-state index in [1.807, 2.05) is 11.3 Å². The van der Waals surface area contributed by atoms with Crippen molar-refractivity contribution in [2.45, 2.75) is 51.5 Å². The molecular weight excluding hydrogens is 418 g/mol. The first-order chi connectivity index (χ1) is 15.7. The Morgan fingerprint density at radius 2 is 1.91 bits per heavy atom. The molecule has 0 amide bonds. The van der Waals surface area contributed by atoms with E-state index in [0.29, 0.717) is 6.04 Å². The average molecular weight is 456 g/mol. The Bertz CT molecular complexity index is 914. The molecule has 7 heteroatoms. The Kier molecular flexibility index (Phi) is 5.99. The molecule has 6 nitrogen and oxygen atoms in total. The number of nitrogens with one attached hydrogen (secondary N) is 1. The van der Waals surface area contributed by atoms with Crippen LogP contribution < -0.4 is 10.2 Å². The van der Waals surface area contributed by atoms with Crippen molar-refractivity contribution in [1.82, 2.24) is 15.1 Å². The van der Waals surface area contributed by atoms with E-state index in [1.165, 1.54) is 68.2 Å². The highest BCUT2D eigenvalue weighted by Crippen LogP contribution is 2.41. The molecule has 174 valence electrons. The van der Waals surface area contributed by atoms with Gasteiger partial charge in [0.2, 0.25) is 0 Å². The van der Waals surface area contributed by atoms with Crippen LogP contribution in [0.25, 0.3) is 10.1 Å². The van der Waals surface area contributed by atoms with Crippen molar-refractivity contribution in [3.05, 3.63) is 11.4 Å². The quantitative estimate of drug-likeness (QED) is 0.718. The summed E-state index contributed by atoms with van der Waals surface area (Å²) in [5.41, 5.74) is 0. The van der Waals surface area contributed by atoms with Crippen molar-refractivity contribution >= 4 is 33.1 Å². The standard InChI is InChI=1S/C25H37N5OS/c1-17-3-2-7-30(13-17)25-23-22(6-10-32-23)24(27-28-25)26-21-11-19-15-29(16-20(19)12-21)14-18-4-8-31-9-5-18/h6,10,17-21H,2-5,7-9,11-16H2,1H3,(H,26,27)/t17?,19-,20+,21?. The normalized spacial score (nSPS) is 32.0. The number of hydrogen-bond donors (Lipinski definition) is 1. The maximum absolute atomic E-state index is 5.54. The Morgan fingerprint density at radius 3 is 2.69 bits per heavy atom. The zero-order chi connectivity index (χ0) is 21.5. The number of hydrogen-bond acceptors (Lipinski definition) is 7. The number of fused-ring (bicyclic) bond motifs is 2. The molecule has 0 aromatic carbocycles. The van der Waals surface area contributed by atoms with Crippen LogP contribution in [0.15, 0.2) is 11.4 Å². The van der Waals surface area contributed by atoms with Crippen molar-refractivity contribution in [3.63, 3.8) is 0 Å². The first kappa shape index (κ1) is 21.1. The van der Waals surface area contributed by atoms with Gasteiger partial charge < -0.3 is 19.9 Å². The molecule has 0 spiro atoms. The molecule has 2 aromatic heterocycles. The van der Waals surface area contributed by atoms with Crippen LogP contribution in [0.2, 0.25) is 0 Å². The Balaban J connectivity index is 1.09. The molecule has 0 radical (unpaired) electrons. The average Bonchev–Trinajstić information content (AvgIpc) is 3.50. The minimum Gasteiger partial charge on any atom is -0.381 e. The largest absolute Gasteiger partial charge is 0.381 e. The molecular formula is C25H37N5OS. The molecule has 3 aliphatic heterocycles. The highest BCUT2D eigenvalue weighted by molar-refractivity contribution is 7.17. The fraction of sp³-hybridized carbons (Fsp3) is 0.760. The molecule has 4 fully saturated rings. The summed E-state index contributed by atoms with van der Waals surface area (Å²) >= 11 is 1.81. The van der Waals surface area contributed by atoms with Crippen LogP contribution >= 0.6 is 11.3 Å². The van der Waals surface area contributed by atoms with Gasteiger partial charge in [-0.05, 0) is 73.6 Å². The van der Waals surface area contributed by atoms with Gasteiger partial charge in [0.05, 0.1) is 4.70 Å². The van der Waals surface area contributed by atoms with Gasteiger partial charge in [0.1, 0.15) is 0 Å². The van der Waals surface area contributed by atoms with Gasteiger partial charge >= 0.3 is 0 Å². The highest BCUT2D eigenvalue weighted by Gasteiger charge is 2.41. The van der Waals surface area contributed by atoms with Crippen LogP contribution in [0.3, 0.4) is 0 Å². The molecule has 1 N–H and O–H groups in total. The molecule has 2 unspecified atom stereocenters. The van der Waals surface area contributed by atoms with Crippen molar-refractivity contribution in [2.24, 2.45) is 23.7 Å². The molecule has 6 rings (SSSR count). The third kappa shape index (κ3) is 4.24. The second-order valence-electron chi connectivity index (χ2n) is 10.8. The molecule has 32 heavy (non-hydrogen) atoms. The maximum atomic E-state index is 5.54. The maximum Gasteiger partial charge on any atom is 0.169 e. The lowest BCUT2D eigenvalue weighted by Gasteiger charge is -2.32. The van der Waals surface area contributed by atoms with Crippen molar-refractivity contribution < 1.29 is 4.74 Å². The Labute approximate surface area is 195 Å². The van der Waals surface area contributed by atoms with E-state index in [1.54, 1.807) is 0 Å². The number of aromatic nitrogens is 2. The van der Waals surface area contributed by atoms with Crippen molar-refractivity contribution in [2.75, 3.05) is 56.2 Å². The lowest BCUT2D eigenvalue weighted by molar-refractivity contribution is 0.0545. The predicted octanol–water partition coefficient (Wildman–Crippen LogP) is 4.48. The molecule has 4 atom stereocenters. The lowest BCUT2D eigenvalue weighted by atomic mass is 10.00. The van der Waals surface area contributed by atoms with Crippen molar-refractivity contribution in [3.8, 4) is 0 Å². The summed E-state index contributed by atoms with van der Waals surface area (Å²) in [5.74, 6) is 5.36. The minimum atomic E-state index is 0.536. The third-order valence-electron chi connectivity index (χ3n) is 8.35. The second kappa shape index (κ2) is 9.07. The van der Waals surface area contributed by atoms with Gasteiger partial charge in [0, 0.05) is 57.4 Å². The Morgan fingerprint density at radius 1 is 1.09 bits per heavy atom. The smallest absolute Gasteiger partial charge is 0.169 e. The van der Waals surface area contributed by atoms with Crippen LogP contribution in [0, 0.1) is 23.7 Å². The minimum absolute atomic E-state index is 0.536. The summed E-state index contributed by atoms with van der Waals surface area (Å²) in [7, 11) is 0. The number of piperidine rings is 1. The zero-order valence-corrected chi connectivity index (χ0v) is 20.2. The number of likely N-dealkylation sites (tertiary alicyclic amines) is 1. The molecule has 3 saturated heterocycles. The summed E-state index contributed by atoms with van der Waals surface area (Å²) < 4.78 is 6.84. The number of rotatable bonds is 5. The molecule has 1 saturated carbocycles. The summed E-state index contributed by atoms with van der Waals surface area (Å²) in [4.78, 5) is 5.20.